The van der Waals surface area contributed by atoms with Gasteiger partial charge in [-0.2, -0.15) is 0 Å². The van der Waals surface area contributed by atoms with E-state index in [9.17, 15) is 19.2 Å². The van der Waals surface area contributed by atoms with Gasteiger partial charge in [-0.25, -0.2) is 0 Å². The van der Waals surface area contributed by atoms with Crippen LogP contribution < -0.4 is 4.74 Å². The molecule has 4 amide bonds. The lowest BCUT2D eigenvalue weighted by Gasteiger charge is -2.32. The summed E-state index contributed by atoms with van der Waals surface area (Å²) in [5.74, 6) is 0.369. The van der Waals surface area contributed by atoms with Crippen molar-refractivity contribution in [1.82, 2.24) is 24.8 Å². The maximum absolute atomic E-state index is 13.7. The van der Waals surface area contributed by atoms with Crippen molar-refractivity contribution < 1.29 is 28.4 Å². The van der Waals surface area contributed by atoms with E-state index in [1.807, 2.05) is 6.07 Å². The number of aryl methyl sites for hydroxylation is 2. The van der Waals surface area contributed by atoms with Crippen LogP contribution in [0.5, 0.6) is 5.75 Å². The van der Waals surface area contributed by atoms with Crippen LogP contribution in [0.3, 0.4) is 0 Å². The summed E-state index contributed by atoms with van der Waals surface area (Å²) >= 11 is 0. The number of hydrogen-bond donors (Lipinski definition) is 0. The molecule has 1 aromatic carbocycles. The zero-order valence-electron chi connectivity index (χ0n) is 25.9. The Balaban J connectivity index is 1.74. The van der Waals surface area contributed by atoms with Gasteiger partial charge >= 0.3 is 0 Å². The molecule has 0 saturated heterocycles. The fourth-order valence-electron chi connectivity index (χ4n) is 5.23. The number of fused-ring (bicyclic) bond motifs is 1. The summed E-state index contributed by atoms with van der Waals surface area (Å²) in [5.41, 5.74) is 1.42. The van der Waals surface area contributed by atoms with Gasteiger partial charge in [-0.15, -0.1) is 0 Å². The lowest BCUT2D eigenvalue weighted by Crippen LogP contribution is -2.48. The van der Waals surface area contributed by atoms with Gasteiger partial charge in [-0.3, -0.25) is 19.2 Å². The van der Waals surface area contributed by atoms with Crippen LogP contribution in [0.15, 0.2) is 28.8 Å². The summed E-state index contributed by atoms with van der Waals surface area (Å²) in [6, 6.07) is 6.36. The maximum Gasteiger partial charge on any atom is 0.259 e. The number of para-hydroxylation sites is 1. The molecule has 11 nitrogen and oxygen atoms in total. The predicted octanol–water partition coefficient (Wildman–Crippen LogP) is 3.54. The van der Waals surface area contributed by atoms with Crippen LogP contribution >= 0.6 is 0 Å². The van der Waals surface area contributed by atoms with E-state index in [4.69, 9.17) is 9.26 Å². The highest BCUT2D eigenvalue weighted by molar-refractivity contribution is 5.99. The van der Waals surface area contributed by atoms with Crippen molar-refractivity contribution in [1.29, 1.82) is 0 Å². The van der Waals surface area contributed by atoms with Gasteiger partial charge in [-0.1, -0.05) is 17.3 Å². The van der Waals surface area contributed by atoms with E-state index in [0.29, 0.717) is 86.8 Å². The summed E-state index contributed by atoms with van der Waals surface area (Å²) in [6.07, 6.45) is 3.89. The van der Waals surface area contributed by atoms with Gasteiger partial charge in [0.05, 0.1) is 17.9 Å². The predicted molar refractivity (Wildman–Crippen MR) is 158 cm³/mol. The van der Waals surface area contributed by atoms with E-state index in [1.165, 1.54) is 4.90 Å². The number of likely N-dealkylation sites (N-methyl/N-ethyl adjacent to an activating group) is 2. The molecular weight excluding hydrogens is 538 g/mol. The number of benzene rings is 1. The van der Waals surface area contributed by atoms with Crippen LogP contribution in [0, 0.1) is 13.8 Å². The summed E-state index contributed by atoms with van der Waals surface area (Å²) < 4.78 is 11.1. The van der Waals surface area contributed by atoms with Crippen molar-refractivity contribution in [3.8, 4) is 5.75 Å². The van der Waals surface area contributed by atoms with Gasteiger partial charge in [0.1, 0.15) is 23.1 Å². The number of ether oxygens (including phenoxy) is 1. The molecule has 1 aliphatic rings. The zero-order valence-corrected chi connectivity index (χ0v) is 25.9. The molecule has 42 heavy (non-hydrogen) atoms. The van der Waals surface area contributed by atoms with Gasteiger partial charge in [0.15, 0.2) is 0 Å². The van der Waals surface area contributed by atoms with Gasteiger partial charge in [0.25, 0.3) is 11.8 Å². The molecule has 0 unspecified atom stereocenters. The second kappa shape index (κ2) is 15.4. The van der Waals surface area contributed by atoms with Crippen LogP contribution in [0.2, 0.25) is 0 Å². The molecule has 3 rings (SSSR count). The van der Waals surface area contributed by atoms with Crippen molar-refractivity contribution in [2.24, 2.45) is 0 Å². The molecule has 1 atom stereocenters. The third kappa shape index (κ3) is 8.33. The standard InChI is InChI=1S/C31H45N5O6/c1-22-28(23(2)42-32-22)31(40)34(5)17-10-9-15-26-30(39)33(4)18-11-12-19-36(24(3)37)20-13-21-41-27-16-8-7-14-25(27)29(38)35(26)6/h7-8,14,16,26H,9-13,15,17-21H2,1-6H3/t26-/m0/s1. The van der Waals surface area contributed by atoms with Crippen molar-refractivity contribution >= 4 is 23.6 Å². The van der Waals surface area contributed by atoms with Gasteiger partial charge in [-0.05, 0) is 64.5 Å². The van der Waals surface area contributed by atoms with E-state index >= 15 is 0 Å². The van der Waals surface area contributed by atoms with Crippen molar-refractivity contribution in [3.05, 3.63) is 46.8 Å². The largest absolute Gasteiger partial charge is 0.493 e. The smallest absolute Gasteiger partial charge is 0.259 e. The molecule has 0 aliphatic carbocycles. The van der Waals surface area contributed by atoms with E-state index in [2.05, 4.69) is 5.16 Å². The fourth-order valence-corrected chi connectivity index (χ4v) is 5.23. The number of aromatic nitrogens is 1. The number of unbranched alkanes of at least 4 members (excludes halogenated alkanes) is 1. The lowest BCUT2D eigenvalue weighted by molar-refractivity contribution is -0.135. The Kier molecular flexibility index (Phi) is 11.9. The van der Waals surface area contributed by atoms with Gasteiger partial charge < -0.3 is 28.9 Å². The summed E-state index contributed by atoms with van der Waals surface area (Å²) in [6.45, 7) is 7.59. The third-order valence-electron chi connectivity index (χ3n) is 7.83. The first kappa shape index (κ1) is 32.6. The lowest BCUT2D eigenvalue weighted by atomic mass is 10.0. The molecule has 0 saturated carbocycles. The molecule has 1 aliphatic heterocycles. The fraction of sp³-hybridized carbons (Fsp3) is 0.581. The Labute approximate surface area is 248 Å². The molecular formula is C31H45N5O6. The maximum atomic E-state index is 13.7. The molecule has 11 heteroatoms. The van der Waals surface area contributed by atoms with Crippen molar-refractivity contribution in [3.63, 3.8) is 0 Å². The first-order valence-electron chi connectivity index (χ1n) is 14.7. The Morgan fingerprint density at radius 2 is 1.71 bits per heavy atom. The average molecular weight is 584 g/mol. The minimum atomic E-state index is -0.680. The second-order valence-electron chi connectivity index (χ2n) is 11.0. The molecule has 0 radical (unpaired) electrons. The van der Waals surface area contributed by atoms with E-state index in [0.717, 1.165) is 12.8 Å². The number of rotatable bonds is 6. The number of carbonyl (C=O) groups excluding carboxylic acids is 4. The first-order chi connectivity index (χ1) is 20.0. The number of hydrogen-bond acceptors (Lipinski definition) is 7. The molecule has 0 fully saturated rings. The highest BCUT2D eigenvalue weighted by Gasteiger charge is 2.31. The average Bonchev–Trinajstić information content (AvgIpc) is 3.31. The monoisotopic (exact) mass is 583 g/mol. The SMILES string of the molecule is CC(=O)N1CCCCN(C)C(=O)[C@H](CCCCN(C)C(=O)c2c(C)noc2C)N(C)C(=O)c2ccccc2OCCC1. The summed E-state index contributed by atoms with van der Waals surface area (Å²) in [5, 5.41) is 3.87. The second-order valence-corrected chi connectivity index (χ2v) is 11.0. The highest BCUT2D eigenvalue weighted by Crippen LogP contribution is 2.23. The van der Waals surface area contributed by atoms with Crippen molar-refractivity contribution in [2.75, 3.05) is 53.9 Å². The van der Waals surface area contributed by atoms with E-state index < -0.39 is 6.04 Å². The molecule has 0 N–H and O–H groups in total. The molecule has 2 heterocycles. The number of nitrogens with zero attached hydrogens (tertiary/aromatic N) is 5. The van der Waals surface area contributed by atoms with Crippen LogP contribution in [0.4, 0.5) is 0 Å². The molecule has 1 aromatic heterocycles. The molecule has 0 spiro atoms. The molecule has 0 bridgehead atoms. The van der Waals surface area contributed by atoms with Crippen LogP contribution in [-0.2, 0) is 9.59 Å². The quantitative estimate of drug-likeness (QED) is 0.478. The van der Waals surface area contributed by atoms with E-state index in [1.54, 1.807) is 74.8 Å². The molecule has 2 aromatic rings. The minimum absolute atomic E-state index is 0.0110. The van der Waals surface area contributed by atoms with Crippen molar-refractivity contribution in [2.45, 2.75) is 65.3 Å². The topological polar surface area (TPSA) is 117 Å². The van der Waals surface area contributed by atoms with Crippen LogP contribution in [0.25, 0.3) is 0 Å². The zero-order chi connectivity index (χ0) is 30.8. The van der Waals surface area contributed by atoms with Gasteiger partial charge in [0, 0.05) is 54.2 Å². The Morgan fingerprint density at radius 1 is 1.02 bits per heavy atom. The highest BCUT2D eigenvalue weighted by atomic mass is 16.5. The normalized spacial score (nSPS) is 17.6. The van der Waals surface area contributed by atoms with Gasteiger partial charge in [0.2, 0.25) is 11.8 Å². The minimum Gasteiger partial charge on any atom is -0.493 e. The third-order valence-corrected chi connectivity index (χ3v) is 7.83. The number of carbonyl (C=O) groups is 4. The van der Waals surface area contributed by atoms with E-state index in [-0.39, 0.29) is 23.6 Å². The Morgan fingerprint density at radius 3 is 2.40 bits per heavy atom. The molecule has 230 valence electrons. The van der Waals surface area contributed by atoms with Crippen LogP contribution in [-0.4, -0.2) is 108 Å². The summed E-state index contributed by atoms with van der Waals surface area (Å²) in [7, 11) is 5.16. The number of amides is 4. The Bertz CT molecular complexity index is 1220. The first-order valence-corrected chi connectivity index (χ1v) is 14.7. The summed E-state index contributed by atoms with van der Waals surface area (Å²) in [4.78, 5) is 59.1. The van der Waals surface area contributed by atoms with Crippen LogP contribution in [0.1, 0.15) is 77.6 Å². The Hall–Kier alpha value is -3.89.